The zero-order valence-corrected chi connectivity index (χ0v) is 10.5. The number of aromatic nitrogens is 1. The van der Waals surface area contributed by atoms with E-state index >= 15 is 0 Å². The van der Waals surface area contributed by atoms with Gasteiger partial charge in [-0.05, 0) is 13.0 Å². The smallest absolute Gasteiger partial charge is 0.433 e. The number of alkyl halides is 3. The molecule has 0 radical (unpaired) electrons. The summed E-state index contributed by atoms with van der Waals surface area (Å²) >= 11 is 0. The molecule has 2 rings (SSSR count). The first kappa shape index (κ1) is 14.0. The first-order chi connectivity index (χ1) is 9.25. The van der Waals surface area contributed by atoms with Gasteiger partial charge in [0.25, 0.3) is 5.69 Å². The van der Waals surface area contributed by atoms with Crippen molar-refractivity contribution in [2.24, 2.45) is 0 Å². The van der Waals surface area contributed by atoms with Gasteiger partial charge in [-0.1, -0.05) is 6.07 Å². The first-order valence-electron chi connectivity index (χ1n) is 5.45. The van der Waals surface area contributed by atoms with Crippen LogP contribution in [0.1, 0.15) is 11.3 Å². The van der Waals surface area contributed by atoms with Crippen LogP contribution in [0.4, 0.5) is 18.9 Å². The van der Waals surface area contributed by atoms with E-state index in [0.29, 0.717) is 11.6 Å². The van der Waals surface area contributed by atoms with Crippen molar-refractivity contribution < 1.29 is 22.8 Å². The molecule has 5 nitrogen and oxygen atoms in total. The summed E-state index contributed by atoms with van der Waals surface area (Å²) in [6, 6.07) is 3.32. The summed E-state index contributed by atoms with van der Waals surface area (Å²) in [5.41, 5.74) is -1.27. The molecule has 1 aromatic carbocycles. The summed E-state index contributed by atoms with van der Waals surface area (Å²) < 4.78 is 43.0. The Kier molecular flexibility index (Phi) is 3.24. The van der Waals surface area contributed by atoms with E-state index in [-0.39, 0.29) is 22.3 Å². The van der Waals surface area contributed by atoms with E-state index in [4.69, 9.17) is 4.74 Å². The molecule has 2 aromatic rings. The summed E-state index contributed by atoms with van der Waals surface area (Å²) in [7, 11) is 1.15. The van der Waals surface area contributed by atoms with Gasteiger partial charge in [0.1, 0.15) is 16.8 Å². The Balaban J connectivity index is 2.91. The Labute approximate surface area is 111 Å². The van der Waals surface area contributed by atoms with E-state index in [1.165, 1.54) is 19.1 Å². The van der Waals surface area contributed by atoms with Crippen LogP contribution in [0.15, 0.2) is 18.2 Å². The average molecular weight is 286 g/mol. The lowest BCUT2D eigenvalue weighted by atomic mass is 10.1. The third-order valence-corrected chi connectivity index (χ3v) is 2.81. The van der Waals surface area contributed by atoms with E-state index in [9.17, 15) is 23.3 Å². The molecule has 1 heterocycles. The van der Waals surface area contributed by atoms with Crippen LogP contribution in [0.2, 0.25) is 0 Å². The van der Waals surface area contributed by atoms with Crippen LogP contribution < -0.4 is 4.74 Å². The first-order valence-corrected chi connectivity index (χ1v) is 5.45. The van der Waals surface area contributed by atoms with Gasteiger partial charge in [0, 0.05) is 11.6 Å². The minimum atomic E-state index is -4.65. The minimum Gasteiger partial charge on any atom is -0.496 e. The Bertz CT molecular complexity index is 698. The van der Waals surface area contributed by atoms with Crippen LogP contribution >= 0.6 is 0 Å². The average Bonchev–Trinajstić information content (AvgIpc) is 2.35. The molecular formula is C12H9F3N2O3. The van der Waals surface area contributed by atoms with Crippen LogP contribution in [-0.4, -0.2) is 17.0 Å². The van der Waals surface area contributed by atoms with Crippen LogP contribution in [-0.2, 0) is 6.18 Å². The molecule has 0 amide bonds. The molecule has 20 heavy (non-hydrogen) atoms. The Morgan fingerprint density at radius 3 is 2.50 bits per heavy atom. The van der Waals surface area contributed by atoms with Crippen LogP contribution in [0, 0.1) is 17.0 Å². The van der Waals surface area contributed by atoms with Gasteiger partial charge < -0.3 is 4.74 Å². The minimum absolute atomic E-state index is 0.0366. The highest BCUT2D eigenvalue weighted by Crippen LogP contribution is 2.39. The Morgan fingerprint density at radius 1 is 1.35 bits per heavy atom. The van der Waals surface area contributed by atoms with E-state index in [0.717, 1.165) is 7.11 Å². The van der Waals surface area contributed by atoms with Gasteiger partial charge >= 0.3 is 6.18 Å². The molecule has 8 heteroatoms. The van der Waals surface area contributed by atoms with E-state index in [1.807, 2.05) is 0 Å². The highest BCUT2D eigenvalue weighted by Gasteiger charge is 2.34. The fraction of sp³-hybridized carbons (Fsp3) is 0.250. The normalized spacial score (nSPS) is 11.7. The third-order valence-electron chi connectivity index (χ3n) is 2.81. The molecule has 0 aliphatic carbocycles. The quantitative estimate of drug-likeness (QED) is 0.626. The predicted molar refractivity (Wildman–Crippen MR) is 64.7 cm³/mol. The predicted octanol–water partition coefficient (Wildman–Crippen LogP) is 3.48. The fourth-order valence-corrected chi connectivity index (χ4v) is 1.92. The molecule has 0 spiro atoms. The number of hydrogen-bond acceptors (Lipinski definition) is 4. The molecule has 0 saturated carbocycles. The molecule has 0 unspecified atom stereocenters. The standard InChI is InChI=1S/C12H9F3N2O3/c1-6-3-4-7-10(11(6)17(18)19)8(20-2)5-9(16-7)12(13,14)15/h3-5H,1-2H3. The van der Waals surface area contributed by atoms with E-state index < -0.39 is 16.8 Å². The maximum Gasteiger partial charge on any atom is 0.433 e. The number of nitrogens with zero attached hydrogens (tertiary/aromatic N) is 2. The van der Waals surface area contributed by atoms with Gasteiger partial charge in [-0.3, -0.25) is 10.1 Å². The number of methoxy groups -OCH3 is 1. The van der Waals surface area contributed by atoms with E-state index in [2.05, 4.69) is 4.98 Å². The van der Waals surface area contributed by atoms with Gasteiger partial charge in [-0.2, -0.15) is 13.2 Å². The number of halogens is 3. The number of pyridine rings is 1. The van der Waals surface area contributed by atoms with Crippen molar-refractivity contribution in [2.75, 3.05) is 7.11 Å². The number of fused-ring (bicyclic) bond motifs is 1. The number of rotatable bonds is 2. The molecule has 0 saturated heterocycles. The molecule has 1 aromatic heterocycles. The lowest BCUT2D eigenvalue weighted by Gasteiger charge is -2.11. The number of ether oxygens (including phenoxy) is 1. The van der Waals surface area contributed by atoms with Crippen molar-refractivity contribution >= 4 is 16.6 Å². The molecule has 106 valence electrons. The second-order valence-corrected chi connectivity index (χ2v) is 4.09. The van der Waals surface area contributed by atoms with Crippen molar-refractivity contribution in [1.82, 2.24) is 4.98 Å². The number of aryl methyl sites for hydroxylation is 1. The highest BCUT2D eigenvalue weighted by molar-refractivity contribution is 5.95. The SMILES string of the molecule is COc1cc(C(F)(F)F)nc2ccc(C)c([N+](=O)[O-])c12. The van der Waals surface area contributed by atoms with Crippen LogP contribution in [0.3, 0.4) is 0 Å². The molecule has 0 fully saturated rings. The van der Waals surface area contributed by atoms with Gasteiger partial charge in [0.15, 0.2) is 0 Å². The largest absolute Gasteiger partial charge is 0.496 e. The summed E-state index contributed by atoms with van der Waals surface area (Å²) in [6.45, 7) is 1.49. The molecule has 0 aliphatic heterocycles. The van der Waals surface area contributed by atoms with Gasteiger partial charge in [0.05, 0.1) is 17.5 Å². The van der Waals surface area contributed by atoms with Gasteiger partial charge in [-0.25, -0.2) is 4.98 Å². The second-order valence-electron chi connectivity index (χ2n) is 4.09. The Morgan fingerprint density at radius 2 is 2.00 bits per heavy atom. The Hall–Kier alpha value is -2.38. The molecule has 0 atom stereocenters. The molecule has 0 aliphatic rings. The lowest BCUT2D eigenvalue weighted by molar-refractivity contribution is -0.383. The number of nitro benzene ring substituents is 1. The maximum atomic E-state index is 12.7. The number of benzene rings is 1. The van der Waals surface area contributed by atoms with Crippen molar-refractivity contribution in [1.29, 1.82) is 0 Å². The molecular weight excluding hydrogens is 277 g/mol. The summed E-state index contributed by atoms with van der Waals surface area (Å²) in [5, 5.41) is 11.0. The topological polar surface area (TPSA) is 65.3 Å². The lowest BCUT2D eigenvalue weighted by Crippen LogP contribution is -2.09. The van der Waals surface area contributed by atoms with Crippen molar-refractivity contribution in [2.45, 2.75) is 13.1 Å². The zero-order valence-electron chi connectivity index (χ0n) is 10.5. The van der Waals surface area contributed by atoms with Crippen molar-refractivity contribution in [3.8, 4) is 5.75 Å². The van der Waals surface area contributed by atoms with Gasteiger partial charge in [0.2, 0.25) is 0 Å². The monoisotopic (exact) mass is 286 g/mol. The van der Waals surface area contributed by atoms with Gasteiger partial charge in [-0.15, -0.1) is 0 Å². The molecule has 0 N–H and O–H groups in total. The van der Waals surface area contributed by atoms with Crippen molar-refractivity contribution in [3.63, 3.8) is 0 Å². The fourth-order valence-electron chi connectivity index (χ4n) is 1.92. The third kappa shape index (κ3) is 2.24. The zero-order chi connectivity index (χ0) is 15.1. The summed E-state index contributed by atoms with van der Waals surface area (Å²) in [5.74, 6) is -0.224. The molecule has 0 bridgehead atoms. The second kappa shape index (κ2) is 4.62. The van der Waals surface area contributed by atoms with Crippen molar-refractivity contribution in [3.05, 3.63) is 39.6 Å². The number of nitro groups is 1. The summed E-state index contributed by atoms with van der Waals surface area (Å²) in [4.78, 5) is 13.9. The van der Waals surface area contributed by atoms with Crippen LogP contribution in [0.25, 0.3) is 10.9 Å². The number of hydrogen-bond donors (Lipinski definition) is 0. The van der Waals surface area contributed by atoms with E-state index in [1.54, 1.807) is 0 Å². The highest BCUT2D eigenvalue weighted by atomic mass is 19.4. The van der Waals surface area contributed by atoms with Crippen LogP contribution in [0.5, 0.6) is 5.75 Å². The summed E-state index contributed by atoms with van der Waals surface area (Å²) in [6.07, 6.45) is -4.65. The maximum absolute atomic E-state index is 12.7.